The van der Waals surface area contributed by atoms with E-state index in [1.54, 1.807) is 18.2 Å². The lowest BCUT2D eigenvalue weighted by Gasteiger charge is -2.08. The quantitative estimate of drug-likeness (QED) is 0.827. The first kappa shape index (κ1) is 15.2. The summed E-state index contributed by atoms with van der Waals surface area (Å²) in [5.74, 6) is 1.43. The molecule has 1 heterocycles. The van der Waals surface area contributed by atoms with Crippen LogP contribution in [0.5, 0.6) is 17.5 Å². The van der Waals surface area contributed by atoms with Crippen LogP contribution in [0.3, 0.4) is 0 Å². The molecular weight excluding hydrogens is 286 g/mol. The molecule has 5 nitrogen and oxygen atoms in total. The van der Waals surface area contributed by atoms with Gasteiger partial charge in [0.1, 0.15) is 22.2 Å². The Balaban J connectivity index is 2.12. The van der Waals surface area contributed by atoms with Crippen molar-refractivity contribution in [3.05, 3.63) is 41.7 Å². The van der Waals surface area contributed by atoms with Crippen molar-refractivity contribution in [1.82, 2.24) is 9.97 Å². The number of ether oxygens (including phenoxy) is 2. The Morgan fingerprint density at radius 2 is 1.86 bits per heavy atom. The summed E-state index contributed by atoms with van der Waals surface area (Å²) in [6.45, 7) is 4.59. The van der Waals surface area contributed by atoms with Crippen LogP contribution in [-0.2, 0) is 0 Å². The van der Waals surface area contributed by atoms with Gasteiger partial charge >= 0.3 is 6.01 Å². The normalized spacial score (nSPS) is 10.2. The average molecular weight is 303 g/mol. The second-order valence-electron chi connectivity index (χ2n) is 4.46. The molecule has 1 aromatic heterocycles. The van der Waals surface area contributed by atoms with Gasteiger partial charge in [-0.05, 0) is 43.7 Å². The van der Waals surface area contributed by atoms with Gasteiger partial charge in [-0.15, -0.1) is 0 Å². The van der Waals surface area contributed by atoms with Gasteiger partial charge in [0, 0.05) is 5.69 Å². The molecule has 2 aromatic rings. The van der Waals surface area contributed by atoms with Gasteiger partial charge in [-0.3, -0.25) is 0 Å². The minimum absolute atomic E-state index is 0.216. The topological polar surface area (TPSA) is 70.3 Å². The van der Waals surface area contributed by atoms with E-state index < -0.39 is 0 Å². The maximum atomic E-state index is 5.62. The van der Waals surface area contributed by atoms with Gasteiger partial charge in [0.2, 0.25) is 0 Å². The standard InChI is InChI=1S/C15H17N3O2S/c1-3-8-19-11-4-6-12(7-5-11)20-15-17-10(2)9-13(18-15)14(16)21/h4-7,9H,3,8H2,1-2H3,(H2,16,21). The number of rotatable bonds is 6. The molecule has 0 bridgehead atoms. The number of aryl methyl sites for hydroxylation is 1. The van der Waals surface area contributed by atoms with Crippen LogP contribution >= 0.6 is 12.2 Å². The van der Waals surface area contributed by atoms with Gasteiger partial charge in [0.05, 0.1) is 6.61 Å². The molecule has 0 amide bonds. The molecule has 0 radical (unpaired) electrons. The van der Waals surface area contributed by atoms with Crippen LogP contribution in [0.25, 0.3) is 0 Å². The highest BCUT2D eigenvalue weighted by molar-refractivity contribution is 7.80. The fourth-order valence-electron chi connectivity index (χ4n) is 1.64. The fraction of sp³-hybridized carbons (Fsp3) is 0.267. The Hall–Kier alpha value is -2.21. The number of hydrogen-bond acceptors (Lipinski definition) is 5. The minimum atomic E-state index is 0.216. The lowest BCUT2D eigenvalue weighted by molar-refractivity contribution is 0.317. The molecule has 110 valence electrons. The summed E-state index contributed by atoms with van der Waals surface area (Å²) in [6.07, 6.45) is 0.969. The molecule has 2 N–H and O–H groups in total. The predicted molar refractivity (Wildman–Crippen MR) is 85.0 cm³/mol. The van der Waals surface area contributed by atoms with Crippen molar-refractivity contribution in [3.63, 3.8) is 0 Å². The molecule has 0 saturated heterocycles. The van der Waals surface area contributed by atoms with Crippen molar-refractivity contribution >= 4 is 17.2 Å². The first-order valence-electron chi connectivity index (χ1n) is 6.64. The second-order valence-corrected chi connectivity index (χ2v) is 4.90. The largest absolute Gasteiger partial charge is 0.494 e. The van der Waals surface area contributed by atoms with Crippen LogP contribution in [-0.4, -0.2) is 21.6 Å². The molecule has 0 aliphatic rings. The highest BCUT2D eigenvalue weighted by Crippen LogP contribution is 2.22. The van der Waals surface area contributed by atoms with Crippen LogP contribution in [0.4, 0.5) is 0 Å². The van der Waals surface area contributed by atoms with Crippen molar-refractivity contribution in [2.24, 2.45) is 5.73 Å². The molecule has 1 aromatic carbocycles. The van der Waals surface area contributed by atoms with E-state index in [-0.39, 0.29) is 11.0 Å². The number of thiocarbonyl (C=S) groups is 1. The summed E-state index contributed by atoms with van der Waals surface area (Å²) in [4.78, 5) is 8.59. The maximum absolute atomic E-state index is 5.62. The predicted octanol–water partition coefficient (Wildman–Crippen LogP) is 3.00. The molecule has 0 atom stereocenters. The third-order valence-electron chi connectivity index (χ3n) is 2.59. The van der Waals surface area contributed by atoms with Crippen LogP contribution in [0, 0.1) is 6.92 Å². The summed E-state index contributed by atoms with van der Waals surface area (Å²) in [6, 6.07) is 9.23. The SMILES string of the molecule is CCCOc1ccc(Oc2nc(C)cc(C(N)=S)n2)cc1. The summed E-state index contributed by atoms with van der Waals surface area (Å²) < 4.78 is 11.1. The second kappa shape index (κ2) is 6.99. The van der Waals surface area contributed by atoms with Crippen LogP contribution in [0.1, 0.15) is 24.7 Å². The van der Waals surface area contributed by atoms with Gasteiger partial charge in [-0.25, -0.2) is 4.98 Å². The summed E-state index contributed by atoms with van der Waals surface area (Å²) in [5, 5.41) is 0. The maximum Gasteiger partial charge on any atom is 0.322 e. The molecular formula is C15H17N3O2S. The van der Waals surface area contributed by atoms with Crippen LogP contribution < -0.4 is 15.2 Å². The van der Waals surface area contributed by atoms with Crippen molar-refractivity contribution < 1.29 is 9.47 Å². The molecule has 0 spiro atoms. The average Bonchev–Trinajstić information content (AvgIpc) is 2.46. The van der Waals surface area contributed by atoms with Crippen LogP contribution in [0.15, 0.2) is 30.3 Å². The zero-order chi connectivity index (χ0) is 15.2. The summed E-state index contributed by atoms with van der Waals surface area (Å²) in [7, 11) is 0. The van der Waals surface area contributed by atoms with E-state index in [1.807, 2.05) is 19.1 Å². The van der Waals surface area contributed by atoms with Gasteiger partial charge in [0.15, 0.2) is 0 Å². The zero-order valence-corrected chi connectivity index (χ0v) is 12.8. The van der Waals surface area contributed by atoms with Gasteiger partial charge in [-0.1, -0.05) is 19.1 Å². The van der Waals surface area contributed by atoms with Gasteiger partial charge < -0.3 is 15.2 Å². The van der Waals surface area contributed by atoms with E-state index >= 15 is 0 Å². The Labute approximate surface area is 129 Å². The van der Waals surface area contributed by atoms with E-state index in [9.17, 15) is 0 Å². The van der Waals surface area contributed by atoms with Crippen molar-refractivity contribution in [2.75, 3.05) is 6.61 Å². The molecule has 0 aliphatic carbocycles. The number of hydrogen-bond donors (Lipinski definition) is 1. The monoisotopic (exact) mass is 303 g/mol. The first-order valence-corrected chi connectivity index (χ1v) is 7.05. The van der Waals surface area contributed by atoms with Crippen molar-refractivity contribution in [2.45, 2.75) is 20.3 Å². The third-order valence-corrected chi connectivity index (χ3v) is 2.80. The smallest absolute Gasteiger partial charge is 0.322 e. The zero-order valence-electron chi connectivity index (χ0n) is 12.0. The fourth-order valence-corrected chi connectivity index (χ4v) is 1.75. The Morgan fingerprint density at radius 3 is 2.48 bits per heavy atom. The van der Waals surface area contributed by atoms with Gasteiger partial charge in [0.25, 0.3) is 0 Å². The third kappa shape index (κ3) is 4.39. The first-order chi connectivity index (χ1) is 10.1. The summed E-state index contributed by atoms with van der Waals surface area (Å²) in [5.41, 5.74) is 6.82. The lowest BCUT2D eigenvalue weighted by atomic mass is 10.3. The number of nitrogens with zero attached hydrogens (tertiary/aromatic N) is 2. The van der Waals surface area contributed by atoms with Crippen molar-refractivity contribution in [1.29, 1.82) is 0 Å². The number of aromatic nitrogens is 2. The Morgan fingerprint density at radius 1 is 1.19 bits per heavy atom. The number of nitrogens with two attached hydrogens (primary N) is 1. The Bertz CT molecular complexity index is 629. The summed E-state index contributed by atoms with van der Waals surface area (Å²) >= 11 is 4.92. The molecule has 0 fully saturated rings. The molecule has 6 heteroatoms. The Kier molecular flexibility index (Phi) is 5.05. The van der Waals surface area contributed by atoms with E-state index in [2.05, 4.69) is 16.9 Å². The molecule has 2 rings (SSSR count). The van der Waals surface area contributed by atoms with E-state index in [4.69, 9.17) is 27.4 Å². The highest BCUT2D eigenvalue weighted by atomic mass is 32.1. The minimum Gasteiger partial charge on any atom is -0.494 e. The number of benzene rings is 1. The van der Waals surface area contributed by atoms with Crippen molar-refractivity contribution in [3.8, 4) is 17.5 Å². The van der Waals surface area contributed by atoms with Crippen LogP contribution in [0.2, 0.25) is 0 Å². The molecule has 0 aliphatic heterocycles. The molecule has 21 heavy (non-hydrogen) atoms. The van der Waals surface area contributed by atoms with E-state index in [0.29, 0.717) is 18.1 Å². The molecule has 0 unspecified atom stereocenters. The molecule has 0 saturated carbocycles. The lowest BCUT2D eigenvalue weighted by Crippen LogP contribution is -2.13. The van der Waals surface area contributed by atoms with Gasteiger partial charge in [-0.2, -0.15) is 4.98 Å². The van der Waals surface area contributed by atoms with E-state index in [0.717, 1.165) is 17.9 Å². The van der Waals surface area contributed by atoms with E-state index in [1.165, 1.54) is 0 Å². The highest BCUT2D eigenvalue weighted by Gasteiger charge is 2.07.